The van der Waals surface area contributed by atoms with Crippen LogP contribution in [0.15, 0.2) is 9.31 Å². The van der Waals surface area contributed by atoms with Crippen LogP contribution in [0.5, 0.6) is 0 Å². The van der Waals surface area contributed by atoms with Crippen LogP contribution < -0.4 is 4.72 Å². The van der Waals surface area contributed by atoms with E-state index in [1.165, 1.54) is 20.8 Å². The van der Waals surface area contributed by atoms with Crippen molar-refractivity contribution in [2.75, 3.05) is 7.11 Å². The van der Waals surface area contributed by atoms with Crippen molar-refractivity contribution in [3.8, 4) is 0 Å². The van der Waals surface area contributed by atoms with Crippen molar-refractivity contribution in [3.05, 3.63) is 17.1 Å². The van der Waals surface area contributed by atoms with E-state index in [0.29, 0.717) is 0 Å². The minimum atomic E-state index is -4.23. The summed E-state index contributed by atoms with van der Waals surface area (Å²) in [5.74, 6) is -2.31. The fourth-order valence-corrected chi connectivity index (χ4v) is 3.35. The van der Waals surface area contributed by atoms with Crippen LogP contribution in [0.4, 0.5) is 0 Å². The normalized spacial score (nSPS) is 13.0. The van der Waals surface area contributed by atoms with Gasteiger partial charge in [-0.15, -0.1) is 0 Å². The number of carbonyl (C=O) groups excluding carboxylic acids is 1. The second-order valence-electron chi connectivity index (χ2n) is 4.09. The molecule has 0 aliphatic rings. The lowest BCUT2D eigenvalue weighted by Gasteiger charge is -2.12. The molecule has 0 fully saturated rings. The molecule has 0 saturated heterocycles. The molecule has 1 heterocycles. The van der Waals surface area contributed by atoms with Crippen LogP contribution in [0, 0.1) is 13.8 Å². The van der Waals surface area contributed by atoms with Crippen molar-refractivity contribution in [1.29, 1.82) is 0 Å². The summed E-state index contributed by atoms with van der Waals surface area (Å²) in [6, 6.07) is -1.15. The summed E-state index contributed by atoms with van der Waals surface area (Å²) in [7, 11) is -3.11. The number of carboxylic acids is 1. The van der Waals surface area contributed by atoms with E-state index in [1.54, 1.807) is 0 Å². The molecule has 0 spiro atoms. The van der Waals surface area contributed by atoms with Gasteiger partial charge in [0.05, 0.1) is 7.11 Å². The Morgan fingerprint density at radius 1 is 1.30 bits per heavy atom. The Morgan fingerprint density at radius 2 is 1.85 bits per heavy atom. The number of esters is 1. The lowest BCUT2D eigenvalue weighted by atomic mass is 10.2. The molecule has 0 aliphatic heterocycles. The predicted octanol–water partition coefficient (Wildman–Crippen LogP) is 0.434. The molecule has 1 aromatic heterocycles. The molecule has 8 nitrogen and oxygen atoms in total. The SMILES string of the molecule is COC(=O)[C@H](C)NS(=O)(=O)c1c(C)oc(C)c1C(=O)O. The molecule has 0 aliphatic carbocycles. The zero-order valence-corrected chi connectivity index (χ0v) is 12.2. The zero-order valence-electron chi connectivity index (χ0n) is 11.4. The molecule has 0 unspecified atom stereocenters. The van der Waals surface area contributed by atoms with E-state index in [1.807, 2.05) is 4.72 Å². The molecule has 0 radical (unpaired) electrons. The van der Waals surface area contributed by atoms with Crippen LogP contribution in [0.25, 0.3) is 0 Å². The molecular formula is C11H15NO7S. The number of nitrogens with one attached hydrogen (secondary N) is 1. The van der Waals surface area contributed by atoms with Gasteiger partial charge in [0, 0.05) is 0 Å². The number of aromatic carboxylic acids is 1. The third-order valence-corrected chi connectivity index (χ3v) is 4.27. The average Bonchev–Trinajstić information content (AvgIpc) is 2.63. The van der Waals surface area contributed by atoms with Crippen molar-refractivity contribution in [3.63, 3.8) is 0 Å². The van der Waals surface area contributed by atoms with E-state index in [4.69, 9.17) is 9.52 Å². The topological polar surface area (TPSA) is 123 Å². The molecule has 1 aromatic rings. The summed E-state index contributed by atoms with van der Waals surface area (Å²) < 4.78 is 35.9. The number of ether oxygens (including phenoxy) is 1. The number of hydrogen-bond acceptors (Lipinski definition) is 6. The van der Waals surface area contributed by atoms with E-state index in [-0.39, 0.29) is 11.5 Å². The second-order valence-corrected chi connectivity index (χ2v) is 5.74. The number of rotatable bonds is 5. The predicted molar refractivity (Wildman–Crippen MR) is 66.9 cm³/mol. The van der Waals surface area contributed by atoms with Crippen LogP contribution in [-0.4, -0.2) is 38.6 Å². The van der Waals surface area contributed by atoms with Crippen LogP contribution in [0.2, 0.25) is 0 Å². The summed E-state index contributed by atoms with van der Waals surface area (Å²) in [6.45, 7) is 3.96. The largest absolute Gasteiger partial charge is 0.478 e. The Morgan fingerprint density at radius 3 is 2.30 bits per heavy atom. The number of hydrogen-bond donors (Lipinski definition) is 2. The average molecular weight is 305 g/mol. The molecule has 1 atom stereocenters. The molecule has 0 amide bonds. The maximum atomic E-state index is 12.2. The van der Waals surface area contributed by atoms with Gasteiger partial charge in [-0.2, -0.15) is 4.72 Å². The van der Waals surface area contributed by atoms with Gasteiger partial charge < -0.3 is 14.3 Å². The summed E-state index contributed by atoms with van der Waals surface area (Å²) in [5.41, 5.74) is -0.452. The van der Waals surface area contributed by atoms with Gasteiger partial charge in [-0.3, -0.25) is 4.79 Å². The van der Waals surface area contributed by atoms with Gasteiger partial charge >= 0.3 is 11.9 Å². The summed E-state index contributed by atoms with van der Waals surface area (Å²) in [5, 5.41) is 9.07. The number of carboxylic acid groups (broad SMARTS) is 1. The number of aryl methyl sites for hydroxylation is 2. The zero-order chi connectivity index (χ0) is 15.7. The second kappa shape index (κ2) is 5.63. The standard InChI is InChI=1S/C11H15NO7S/c1-5(11(15)18-4)12-20(16,17)9-7(3)19-6(2)8(9)10(13)14/h5,12H,1-4H3,(H,13,14)/t5-/m0/s1. The van der Waals surface area contributed by atoms with E-state index in [9.17, 15) is 18.0 Å². The monoisotopic (exact) mass is 305 g/mol. The summed E-state index contributed by atoms with van der Waals surface area (Å²) >= 11 is 0. The molecule has 112 valence electrons. The highest BCUT2D eigenvalue weighted by Crippen LogP contribution is 2.26. The van der Waals surface area contributed by atoms with Gasteiger partial charge in [0.2, 0.25) is 10.0 Å². The fraction of sp³-hybridized carbons (Fsp3) is 0.455. The van der Waals surface area contributed by atoms with Gasteiger partial charge in [-0.1, -0.05) is 0 Å². The molecule has 20 heavy (non-hydrogen) atoms. The summed E-state index contributed by atoms with van der Waals surface area (Å²) in [4.78, 5) is 21.9. The quantitative estimate of drug-likeness (QED) is 0.756. The Bertz CT molecular complexity index is 644. The minimum Gasteiger partial charge on any atom is -0.478 e. The number of furan rings is 1. The Hall–Kier alpha value is -1.87. The molecule has 9 heteroatoms. The van der Waals surface area contributed by atoms with Crippen LogP contribution in [0.3, 0.4) is 0 Å². The van der Waals surface area contributed by atoms with Crippen molar-refractivity contribution >= 4 is 22.0 Å². The van der Waals surface area contributed by atoms with Crippen molar-refractivity contribution in [2.24, 2.45) is 0 Å². The highest BCUT2D eigenvalue weighted by molar-refractivity contribution is 7.89. The first kappa shape index (κ1) is 16.2. The first-order valence-corrected chi connectivity index (χ1v) is 7.03. The summed E-state index contributed by atoms with van der Waals surface area (Å²) in [6.07, 6.45) is 0. The maximum absolute atomic E-state index is 12.2. The molecule has 1 rings (SSSR count). The Kier molecular flexibility index (Phi) is 4.56. The number of methoxy groups -OCH3 is 1. The van der Waals surface area contributed by atoms with E-state index in [0.717, 1.165) is 7.11 Å². The third-order valence-electron chi connectivity index (χ3n) is 2.57. The van der Waals surface area contributed by atoms with E-state index in [2.05, 4.69) is 4.74 Å². The molecule has 2 N–H and O–H groups in total. The van der Waals surface area contributed by atoms with Gasteiger partial charge in [-0.25, -0.2) is 13.2 Å². The Balaban J connectivity index is 3.30. The van der Waals surface area contributed by atoms with Gasteiger partial charge in [0.1, 0.15) is 28.0 Å². The highest BCUT2D eigenvalue weighted by atomic mass is 32.2. The van der Waals surface area contributed by atoms with E-state index < -0.39 is 38.5 Å². The highest BCUT2D eigenvalue weighted by Gasteiger charge is 2.33. The lowest BCUT2D eigenvalue weighted by molar-refractivity contribution is -0.142. The molecule has 0 saturated carbocycles. The first-order valence-electron chi connectivity index (χ1n) is 5.55. The smallest absolute Gasteiger partial charge is 0.340 e. The van der Waals surface area contributed by atoms with Gasteiger partial charge in [0.15, 0.2) is 0 Å². The van der Waals surface area contributed by atoms with Crippen LogP contribution in [0.1, 0.15) is 28.8 Å². The first-order chi connectivity index (χ1) is 9.11. The Labute approximate surface area is 115 Å². The minimum absolute atomic E-state index is 0.0268. The third kappa shape index (κ3) is 2.99. The van der Waals surface area contributed by atoms with Crippen LogP contribution >= 0.6 is 0 Å². The van der Waals surface area contributed by atoms with Crippen molar-refractivity contribution in [2.45, 2.75) is 31.7 Å². The molecule has 0 bridgehead atoms. The fourth-order valence-electron chi connectivity index (χ4n) is 1.75. The van der Waals surface area contributed by atoms with E-state index >= 15 is 0 Å². The van der Waals surface area contributed by atoms with Gasteiger partial charge in [-0.05, 0) is 20.8 Å². The number of carbonyl (C=O) groups is 2. The van der Waals surface area contributed by atoms with Gasteiger partial charge in [0.25, 0.3) is 0 Å². The maximum Gasteiger partial charge on any atom is 0.340 e. The molecule has 0 aromatic carbocycles. The van der Waals surface area contributed by atoms with Crippen molar-refractivity contribution < 1.29 is 32.3 Å². The van der Waals surface area contributed by atoms with Crippen molar-refractivity contribution in [1.82, 2.24) is 4.72 Å². The lowest BCUT2D eigenvalue weighted by Crippen LogP contribution is -2.39. The number of sulfonamides is 1. The molecular weight excluding hydrogens is 290 g/mol. The van der Waals surface area contributed by atoms with Crippen LogP contribution in [-0.2, 0) is 19.6 Å².